The van der Waals surface area contributed by atoms with Gasteiger partial charge in [-0.05, 0) is 30.3 Å². The summed E-state index contributed by atoms with van der Waals surface area (Å²) in [4.78, 5) is 16.9. The van der Waals surface area contributed by atoms with E-state index in [0.29, 0.717) is 28.6 Å². The highest BCUT2D eigenvalue weighted by atomic mass is 35.5. The molecule has 8 heteroatoms. The normalized spacial score (nSPS) is 10.4. The van der Waals surface area contributed by atoms with Crippen LogP contribution in [0.15, 0.2) is 48.9 Å². The number of benzene rings is 1. The van der Waals surface area contributed by atoms with Crippen molar-refractivity contribution in [2.24, 2.45) is 0 Å². The van der Waals surface area contributed by atoms with Gasteiger partial charge in [0.15, 0.2) is 17.3 Å². The predicted octanol–water partition coefficient (Wildman–Crippen LogP) is 3.19. The van der Waals surface area contributed by atoms with Crippen LogP contribution in [0.4, 0.5) is 5.69 Å². The number of nitrogens with zero attached hydrogens (tertiary/aromatic N) is 3. The van der Waals surface area contributed by atoms with Crippen LogP contribution in [0.2, 0.25) is 5.02 Å². The van der Waals surface area contributed by atoms with Crippen molar-refractivity contribution < 1.29 is 14.3 Å². The molecule has 0 spiro atoms. The van der Waals surface area contributed by atoms with Crippen molar-refractivity contribution >= 4 is 23.2 Å². The van der Waals surface area contributed by atoms with E-state index in [1.54, 1.807) is 47.5 Å². The Kier molecular flexibility index (Phi) is 4.85. The van der Waals surface area contributed by atoms with E-state index in [2.05, 4.69) is 15.4 Å². The number of hydrogen-bond acceptors (Lipinski definition) is 5. The maximum absolute atomic E-state index is 12.6. The van der Waals surface area contributed by atoms with Crippen LogP contribution in [0.5, 0.6) is 11.5 Å². The van der Waals surface area contributed by atoms with Crippen LogP contribution in [0.1, 0.15) is 10.4 Å². The van der Waals surface area contributed by atoms with Crippen molar-refractivity contribution in [2.75, 3.05) is 19.5 Å². The Hall–Kier alpha value is -3.06. The molecule has 0 saturated heterocycles. The SMILES string of the molecule is COc1cc(C(=O)Nc2cccnc2-n2cccn2)cc(Cl)c1OC. The van der Waals surface area contributed by atoms with E-state index in [0.717, 1.165) is 0 Å². The molecule has 0 unspecified atom stereocenters. The van der Waals surface area contributed by atoms with Gasteiger partial charge in [0, 0.05) is 24.2 Å². The molecule has 0 aliphatic carbocycles. The molecule has 3 aromatic rings. The molecule has 2 heterocycles. The molecule has 0 atom stereocenters. The fraction of sp³-hybridized carbons (Fsp3) is 0.118. The molecule has 25 heavy (non-hydrogen) atoms. The summed E-state index contributed by atoms with van der Waals surface area (Å²) in [5.41, 5.74) is 0.847. The average molecular weight is 359 g/mol. The number of hydrogen-bond donors (Lipinski definition) is 1. The number of ether oxygens (including phenoxy) is 2. The zero-order valence-electron chi connectivity index (χ0n) is 13.6. The molecule has 0 aliphatic rings. The predicted molar refractivity (Wildman–Crippen MR) is 93.9 cm³/mol. The first kappa shape index (κ1) is 16.8. The largest absolute Gasteiger partial charge is 0.493 e. The summed E-state index contributed by atoms with van der Waals surface area (Å²) in [6, 6.07) is 8.31. The van der Waals surface area contributed by atoms with Gasteiger partial charge < -0.3 is 14.8 Å². The third kappa shape index (κ3) is 3.41. The number of aromatic nitrogens is 3. The Bertz CT molecular complexity index is 897. The zero-order chi connectivity index (χ0) is 17.8. The molecule has 7 nitrogen and oxygen atoms in total. The first-order valence-electron chi connectivity index (χ1n) is 7.32. The van der Waals surface area contributed by atoms with Gasteiger partial charge in [-0.1, -0.05) is 11.6 Å². The van der Waals surface area contributed by atoms with Gasteiger partial charge in [-0.15, -0.1) is 0 Å². The van der Waals surface area contributed by atoms with Crippen LogP contribution in [0.3, 0.4) is 0 Å². The summed E-state index contributed by atoms with van der Waals surface area (Å²) >= 11 is 6.16. The van der Waals surface area contributed by atoms with Gasteiger partial charge in [0.25, 0.3) is 5.91 Å². The summed E-state index contributed by atoms with van der Waals surface area (Å²) in [5.74, 6) is 0.898. The Morgan fingerprint density at radius 3 is 2.72 bits per heavy atom. The number of halogens is 1. The second kappa shape index (κ2) is 7.23. The van der Waals surface area contributed by atoms with E-state index in [1.165, 1.54) is 20.3 Å². The Morgan fingerprint density at radius 1 is 1.20 bits per heavy atom. The fourth-order valence-corrected chi connectivity index (χ4v) is 2.60. The van der Waals surface area contributed by atoms with E-state index < -0.39 is 0 Å². The third-order valence-electron chi connectivity index (χ3n) is 3.45. The summed E-state index contributed by atoms with van der Waals surface area (Å²) < 4.78 is 12.0. The molecular weight excluding hydrogens is 344 g/mol. The molecule has 1 aromatic carbocycles. The molecule has 2 aromatic heterocycles. The maximum Gasteiger partial charge on any atom is 0.255 e. The number of pyridine rings is 1. The lowest BCUT2D eigenvalue weighted by molar-refractivity contribution is 0.102. The van der Waals surface area contributed by atoms with Gasteiger partial charge in [-0.25, -0.2) is 9.67 Å². The summed E-state index contributed by atoms with van der Waals surface area (Å²) in [5, 5.41) is 7.23. The monoisotopic (exact) mass is 358 g/mol. The van der Waals surface area contributed by atoms with E-state index in [1.807, 2.05) is 0 Å². The first-order chi connectivity index (χ1) is 12.1. The minimum atomic E-state index is -0.357. The number of nitrogens with one attached hydrogen (secondary N) is 1. The molecular formula is C17H15ClN4O3. The van der Waals surface area contributed by atoms with Crippen molar-refractivity contribution in [3.63, 3.8) is 0 Å². The molecule has 1 N–H and O–H groups in total. The van der Waals surface area contributed by atoms with E-state index >= 15 is 0 Å². The van der Waals surface area contributed by atoms with E-state index in [4.69, 9.17) is 21.1 Å². The Labute approximate surface area is 149 Å². The highest BCUT2D eigenvalue weighted by Gasteiger charge is 2.17. The van der Waals surface area contributed by atoms with Crippen LogP contribution in [-0.4, -0.2) is 34.9 Å². The standard InChI is InChI=1S/C17H15ClN4O3/c1-24-14-10-11(9-12(18)15(14)25-2)17(23)21-13-5-3-6-19-16(13)22-8-4-7-20-22/h3-10H,1-2H3,(H,21,23). The maximum atomic E-state index is 12.6. The zero-order valence-corrected chi connectivity index (χ0v) is 14.3. The average Bonchev–Trinajstić information content (AvgIpc) is 3.15. The number of carbonyl (C=O) groups excluding carboxylic acids is 1. The van der Waals surface area contributed by atoms with Gasteiger partial charge in [-0.3, -0.25) is 4.79 Å². The van der Waals surface area contributed by atoms with Gasteiger partial charge >= 0.3 is 0 Å². The lowest BCUT2D eigenvalue weighted by atomic mass is 10.2. The second-order valence-corrected chi connectivity index (χ2v) is 5.38. The Balaban J connectivity index is 1.93. The summed E-state index contributed by atoms with van der Waals surface area (Å²) in [6.07, 6.45) is 5.00. The highest BCUT2D eigenvalue weighted by Crippen LogP contribution is 2.36. The first-order valence-corrected chi connectivity index (χ1v) is 7.69. The number of carbonyl (C=O) groups is 1. The lowest BCUT2D eigenvalue weighted by Gasteiger charge is -2.13. The number of anilines is 1. The molecule has 3 rings (SSSR count). The van der Waals surface area contributed by atoms with Crippen molar-refractivity contribution in [1.82, 2.24) is 14.8 Å². The molecule has 0 saturated carbocycles. The van der Waals surface area contributed by atoms with Crippen LogP contribution in [-0.2, 0) is 0 Å². The van der Waals surface area contributed by atoms with Crippen LogP contribution >= 0.6 is 11.6 Å². The van der Waals surface area contributed by atoms with Crippen molar-refractivity contribution in [3.8, 4) is 17.3 Å². The molecule has 1 amide bonds. The fourth-order valence-electron chi connectivity index (χ4n) is 2.31. The van der Waals surface area contributed by atoms with Gasteiger partial charge in [0.2, 0.25) is 0 Å². The highest BCUT2D eigenvalue weighted by molar-refractivity contribution is 6.32. The molecule has 0 fully saturated rings. The lowest BCUT2D eigenvalue weighted by Crippen LogP contribution is -2.15. The number of rotatable bonds is 5. The van der Waals surface area contributed by atoms with E-state index in [9.17, 15) is 4.79 Å². The quantitative estimate of drug-likeness (QED) is 0.757. The molecule has 0 aliphatic heterocycles. The van der Waals surface area contributed by atoms with Crippen LogP contribution in [0, 0.1) is 0 Å². The van der Waals surface area contributed by atoms with Gasteiger partial charge in [0.05, 0.1) is 24.9 Å². The van der Waals surface area contributed by atoms with Crippen LogP contribution in [0.25, 0.3) is 5.82 Å². The second-order valence-electron chi connectivity index (χ2n) is 4.97. The molecule has 0 bridgehead atoms. The van der Waals surface area contributed by atoms with Crippen molar-refractivity contribution in [2.45, 2.75) is 0 Å². The van der Waals surface area contributed by atoms with Crippen molar-refractivity contribution in [3.05, 3.63) is 59.5 Å². The topological polar surface area (TPSA) is 78.3 Å². The third-order valence-corrected chi connectivity index (χ3v) is 3.73. The van der Waals surface area contributed by atoms with E-state index in [-0.39, 0.29) is 10.9 Å². The molecule has 0 radical (unpaired) electrons. The Morgan fingerprint density at radius 2 is 2.04 bits per heavy atom. The van der Waals surface area contributed by atoms with Crippen molar-refractivity contribution in [1.29, 1.82) is 0 Å². The number of amides is 1. The smallest absolute Gasteiger partial charge is 0.255 e. The molecule has 128 valence electrons. The minimum absolute atomic E-state index is 0.283. The summed E-state index contributed by atoms with van der Waals surface area (Å²) in [7, 11) is 2.96. The minimum Gasteiger partial charge on any atom is -0.493 e. The summed E-state index contributed by atoms with van der Waals surface area (Å²) in [6.45, 7) is 0. The number of methoxy groups -OCH3 is 2. The van der Waals surface area contributed by atoms with Gasteiger partial charge in [0.1, 0.15) is 0 Å². The van der Waals surface area contributed by atoms with Crippen LogP contribution < -0.4 is 14.8 Å². The van der Waals surface area contributed by atoms with Gasteiger partial charge in [-0.2, -0.15) is 5.10 Å².